The molecule has 3 nitrogen and oxygen atoms in total. The largest absolute Gasteiger partial charge is 0.471 e. The predicted molar refractivity (Wildman–Crippen MR) is 35.4 cm³/mol. The Balaban J connectivity index is 3.99. The summed E-state index contributed by atoms with van der Waals surface area (Å²) in [5.74, 6) is -2.01. The van der Waals surface area contributed by atoms with Crippen molar-refractivity contribution in [2.24, 2.45) is 0 Å². The van der Waals surface area contributed by atoms with Crippen molar-refractivity contribution in [1.29, 1.82) is 0 Å². The van der Waals surface area contributed by atoms with Crippen molar-refractivity contribution < 1.29 is 23.1 Å². The molecule has 1 atom stereocenters. The van der Waals surface area contributed by atoms with Crippen molar-refractivity contribution in [2.45, 2.75) is 25.6 Å². The highest BCUT2D eigenvalue weighted by atomic mass is 19.4. The maximum atomic E-state index is 11.6. The van der Waals surface area contributed by atoms with Crippen LogP contribution in [0.25, 0.3) is 0 Å². The molecule has 0 saturated heterocycles. The fourth-order valence-corrected chi connectivity index (χ4v) is 0.544. The van der Waals surface area contributed by atoms with Gasteiger partial charge in [-0.1, -0.05) is 6.92 Å². The van der Waals surface area contributed by atoms with E-state index in [0.29, 0.717) is 0 Å². The topological polar surface area (TPSA) is 49.3 Å². The van der Waals surface area contributed by atoms with Crippen molar-refractivity contribution >= 4 is 5.91 Å². The number of alkyl halides is 3. The molecule has 0 heterocycles. The summed E-state index contributed by atoms with van der Waals surface area (Å²) in [6.45, 7) is 1.08. The van der Waals surface area contributed by atoms with Crippen LogP contribution in [0, 0.1) is 0 Å². The van der Waals surface area contributed by atoms with E-state index in [2.05, 4.69) is 0 Å². The third kappa shape index (κ3) is 3.56. The normalized spacial score (nSPS) is 14.1. The molecule has 0 aliphatic heterocycles. The lowest BCUT2D eigenvalue weighted by Gasteiger charge is -2.14. The summed E-state index contributed by atoms with van der Waals surface area (Å²) < 4.78 is 34.8. The molecule has 2 N–H and O–H groups in total. The predicted octanol–water partition coefficient (Wildman–Crippen LogP) is 0.436. The van der Waals surface area contributed by atoms with E-state index >= 15 is 0 Å². The van der Waals surface area contributed by atoms with Crippen LogP contribution in [0.5, 0.6) is 0 Å². The number of aliphatic hydroxyl groups is 1. The van der Waals surface area contributed by atoms with Gasteiger partial charge in [-0.2, -0.15) is 13.2 Å². The van der Waals surface area contributed by atoms with E-state index < -0.39 is 24.7 Å². The van der Waals surface area contributed by atoms with Gasteiger partial charge in [-0.15, -0.1) is 0 Å². The highest BCUT2D eigenvalue weighted by molar-refractivity contribution is 5.81. The van der Waals surface area contributed by atoms with Crippen molar-refractivity contribution in [2.75, 3.05) is 6.61 Å². The van der Waals surface area contributed by atoms with E-state index in [-0.39, 0.29) is 6.42 Å². The molecule has 0 spiro atoms. The average Bonchev–Trinajstić information content (AvgIpc) is 1.97. The molecule has 0 unspecified atom stereocenters. The minimum absolute atomic E-state index is 0.262. The maximum Gasteiger partial charge on any atom is 0.471 e. The van der Waals surface area contributed by atoms with Gasteiger partial charge in [-0.3, -0.25) is 4.79 Å². The second-order valence-electron chi connectivity index (χ2n) is 2.26. The van der Waals surface area contributed by atoms with Crippen LogP contribution in [0.15, 0.2) is 0 Å². The van der Waals surface area contributed by atoms with E-state index in [1.54, 1.807) is 12.2 Å². The van der Waals surface area contributed by atoms with Gasteiger partial charge >= 0.3 is 12.1 Å². The second kappa shape index (κ2) is 4.30. The van der Waals surface area contributed by atoms with Gasteiger partial charge in [0.05, 0.1) is 12.6 Å². The Bertz CT molecular complexity index is 153. The number of carbonyl (C=O) groups is 1. The molecule has 0 aliphatic rings. The standard InChI is InChI=1S/C6H10F3NO2/c1-2-4(3-11)10-5(12)6(7,8)9/h4,11H,2-3H2,1H3,(H,10,12)/t4-/m1/s1. The summed E-state index contributed by atoms with van der Waals surface area (Å²) in [5.41, 5.74) is 0. The highest BCUT2D eigenvalue weighted by Gasteiger charge is 2.39. The molecule has 1 amide bonds. The van der Waals surface area contributed by atoms with Crippen LogP contribution in [0.4, 0.5) is 13.2 Å². The lowest BCUT2D eigenvalue weighted by Crippen LogP contribution is -2.44. The molecule has 0 saturated carbocycles. The van der Waals surface area contributed by atoms with E-state index in [9.17, 15) is 18.0 Å². The molecule has 0 aromatic rings. The SMILES string of the molecule is CC[C@H](CO)NC(=O)C(F)(F)F. The second-order valence-corrected chi connectivity index (χ2v) is 2.26. The molecule has 6 heteroatoms. The van der Waals surface area contributed by atoms with Gasteiger partial charge < -0.3 is 10.4 Å². The number of carbonyl (C=O) groups excluding carboxylic acids is 1. The van der Waals surface area contributed by atoms with Crippen LogP contribution in [0.3, 0.4) is 0 Å². The number of hydrogen-bond acceptors (Lipinski definition) is 2. The Morgan fingerprint density at radius 3 is 2.33 bits per heavy atom. The van der Waals surface area contributed by atoms with Crippen molar-refractivity contribution in [3.8, 4) is 0 Å². The summed E-state index contributed by atoms with van der Waals surface area (Å²) in [4.78, 5) is 10.2. The number of halogens is 3. The van der Waals surface area contributed by atoms with Crippen LogP contribution in [0.2, 0.25) is 0 Å². The molecule has 0 fully saturated rings. The molecule has 0 rings (SSSR count). The van der Waals surface area contributed by atoms with E-state index in [1.807, 2.05) is 0 Å². The van der Waals surface area contributed by atoms with Gasteiger partial charge in [0.1, 0.15) is 0 Å². The Hall–Kier alpha value is -0.780. The fourth-order valence-electron chi connectivity index (χ4n) is 0.544. The Labute approximate surface area is 67.6 Å². The molecule has 0 radical (unpaired) electrons. The first-order valence-corrected chi connectivity index (χ1v) is 3.40. The van der Waals surface area contributed by atoms with Gasteiger partial charge in [-0.25, -0.2) is 0 Å². The summed E-state index contributed by atoms with van der Waals surface area (Å²) >= 11 is 0. The van der Waals surface area contributed by atoms with Crippen LogP contribution in [-0.2, 0) is 4.79 Å². The average molecular weight is 185 g/mol. The van der Waals surface area contributed by atoms with Crippen LogP contribution >= 0.6 is 0 Å². The summed E-state index contributed by atoms with van der Waals surface area (Å²) in [6, 6.07) is -0.820. The Kier molecular flexibility index (Phi) is 4.02. The number of hydrogen-bond donors (Lipinski definition) is 2. The summed E-state index contributed by atoms with van der Waals surface area (Å²) in [7, 11) is 0. The van der Waals surface area contributed by atoms with E-state index in [1.165, 1.54) is 0 Å². The Morgan fingerprint density at radius 2 is 2.08 bits per heavy atom. The van der Waals surface area contributed by atoms with Gasteiger partial charge in [-0.05, 0) is 6.42 Å². The molecule has 0 aliphatic carbocycles. The van der Waals surface area contributed by atoms with Crippen LogP contribution in [0.1, 0.15) is 13.3 Å². The maximum absolute atomic E-state index is 11.6. The first-order chi connectivity index (χ1) is 5.41. The number of nitrogens with one attached hydrogen (secondary N) is 1. The molecular formula is C6H10F3NO2. The fraction of sp³-hybridized carbons (Fsp3) is 0.833. The first kappa shape index (κ1) is 11.2. The molecular weight excluding hydrogens is 175 g/mol. The van der Waals surface area contributed by atoms with Crippen molar-refractivity contribution in [1.82, 2.24) is 5.32 Å². The van der Waals surface area contributed by atoms with Crippen molar-refractivity contribution in [3.63, 3.8) is 0 Å². The zero-order valence-corrected chi connectivity index (χ0v) is 6.48. The lowest BCUT2D eigenvalue weighted by atomic mass is 10.2. The molecule has 0 aromatic carbocycles. The lowest BCUT2D eigenvalue weighted by molar-refractivity contribution is -0.174. The summed E-state index contributed by atoms with van der Waals surface area (Å²) in [5, 5.41) is 10.1. The van der Waals surface area contributed by atoms with E-state index in [0.717, 1.165) is 0 Å². The molecule has 0 bridgehead atoms. The monoisotopic (exact) mass is 185 g/mol. The number of rotatable bonds is 3. The van der Waals surface area contributed by atoms with Gasteiger partial charge in [0, 0.05) is 0 Å². The minimum atomic E-state index is -4.87. The summed E-state index contributed by atoms with van der Waals surface area (Å²) in [6.07, 6.45) is -4.61. The minimum Gasteiger partial charge on any atom is -0.394 e. The smallest absolute Gasteiger partial charge is 0.394 e. The third-order valence-corrected chi connectivity index (χ3v) is 1.31. The van der Waals surface area contributed by atoms with Crippen LogP contribution < -0.4 is 5.32 Å². The number of amides is 1. The van der Waals surface area contributed by atoms with Crippen LogP contribution in [-0.4, -0.2) is 29.8 Å². The molecule has 0 aromatic heterocycles. The molecule has 72 valence electrons. The van der Waals surface area contributed by atoms with Gasteiger partial charge in [0.15, 0.2) is 0 Å². The quantitative estimate of drug-likeness (QED) is 0.670. The third-order valence-electron chi connectivity index (χ3n) is 1.31. The number of aliphatic hydroxyl groups excluding tert-OH is 1. The first-order valence-electron chi connectivity index (χ1n) is 3.40. The zero-order chi connectivity index (χ0) is 9.78. The van der Waals surface area contributed by atoms with Gasteiger partial charge in [0.25, 0.3) is 0 Å². The van der Waals surface area contributed by atoms with Crippen molar-refractivity contribution in [3.05, 3.63) is 0 Å². The highest BCUT2D eigenvalue weighted by Crippen LogP contribution is 2.14. The molecule has 12 heavy (non-hydrogen) atoms. The van der Waals surface area contributed by atoms with Gasteiger partial charge in [0.2, 0.25) is 0 Å². The Morgan fingerprint density at radius 1 is 1.58 bits per heavy atom. The van der Waals surface area contributed by atoms with E-state index in [4.69, 9.17) is 5.11 Å². The zero-order valence-electron chi connectivity index (χ0n) is 6.48.